The molecule has 8 N–H and O–H groups in total. The standard InChI is InChI=1S/C22H19NO.C21H19NO2.C20H17NO2.C20H19NO.C19H13NO2.C19H17NO/c24-13-19-17-7-3-4-8-20(17)23-22(19)21(15-9-10-15)18-12-11-14-5-1-2-6-16(14)18;1-13(15-12-11-14-7-3-4-8-16(14)15)20-19(21(23)24-2)17-9-5-6-10-18(17)22-20;1-23-20(16-11-10-13-6-2-3-7-14(13)16)19-17(12-22)15-8-4-5-9-18(15)21-19;1-13(15-11-10-14-6-2-3-7-16(14)15)20-18(12-22)17-8-4-5-9-19(17)21-20;21-11-16-14-7-3-4-8-17(14)20-18(16)19(22)15-10-9-12-5-1-2-6-13(12)15;21-12-17-16-7-3-4-8-18(16)20-19(17)11-14-10-9-13-5-1-2-6-15(13)14/h1-8,12-13,15,21,23H,9-11H2;3-10,12-13,22H,11H2,1-2H3;2-9,11-12,20-21H,10H2,1H3;2-9,11,13,21-22H,10,12H2,1H3;1-8,10-11,20H,9H2;1-8,10,20-21H,9,11-12H2. The van der Waals surface area contributed by atoms with Gasteiger partial charge < -0.3 is 49.6 Å². The fourth-order valence-corrected chi connectivity index (χ4v) is 21.4. The van der Waals surface area contributed by atoms with E-state index in [2.05, 4.69) is 220 Å². The molecule has 1 fully saturated rings. The zero-order valence-electron chi connectivity index (χ0n) is 76.3. The van der Waals surface area contributed by atoms with Gasteiger partial charge in [0.05, 0.1) is 42.8 Å². The van der Waals surface area contributed by atoms with Gasteiger partial charge in [-0.05, 0) is 188 Å². The molecule has 0 amide bonds. The molecular weight excluding hydrogens is 1680 g/mol. The summed E-state index contributed by atoms with van der Waals surface area (Å²) in [5.41, 5.74) is 38.8. The van der Waals surface area contributed by atoms with Crippen molar-refractivity contribution in [3.8, 4) is 0 Å². The number of aromatic nitrogens is 6. The first-order valence-electron chi connectivity index (χ1n) is 46.9. The van der Waals surface area contributed by atoms with Crippen molar-refractivity contribution < 1.29 is 43.7 Å². The van der Waals surface area contributed by atoms with E-state index < -0.39 is 0 Å². The first kappa shape index (κ1) is 88.3. The number of hydrogen-bond acceptors (Lipinski definition) is 9. The van der Waals surface area contributed by atoms with Crippen LogP contribution in [-0.4, -0.2) is 84.9 Å². The second-order valence-corrected chi connectivity index (χ2v) is 35.8. The summed E-state index contributed by atoms with van der Waals surface area (Å²) < 4.78 is 10.8. The molecule has 136 heavy (non-hydrogen) atoms. The molecule has 0 bridgehead atoms. The van der Waals surface area contributed by atoms with Crippen LogP contribution in [0.15, 0.2) is 328 Å². The summed E-state index contributed by atoms with van der Waals surface area (Å²) in [5.74, 6) is 0.883. The number of aliphatic hydroxyl groups is 2. The summed E-state index contributed by atoms with van der Waals surface area (Å²) in [5, 5.41) is 25.5. The van der Waals surface area contributed by atoms with Gasteiger partial charge in [-0.3, -0.25) is 19.2 Å². The Hall–Kier alpha value is -15.7. The molecule has 0 aliphatic heterocycles. The van der Waals surface area contributed by atoms with Crippen molar-refractivity contribution in [1.29, 1.82) is 0 Å². The maximum Gasteiger partial charge on any atom is 0.340 e. The minimum atomic E-state index is -0.291. The first-order chi connectivity index (χ1) is 66.8. The van der Waals surface area contributed by atoms with Crippen LogP contribution in [0, 0.1) is 5.92 Å². The molecule has 6 heterocycles. The van der Waals surface area contributed by atoms with Gasteiger partial charge in [-0.15, -0.1) is 0 Å². The normalized spacial score (nSPS) is 14.7. The Morgan fingerprint density at radius 2 is 0.706 bits per heavy atom. The maximum atomic E-state index is 12.9. The number of aliphatic hydroxyl groups excluding tert-OH is 2. The van der Waals surface area contributed by atoms with Crippen molar-refractivity contribution in [1.82, 2.24) is 29.9 Å². The average Bonchev–Trinajstić information content (AvgIpc) is 1.60. The van der Waals surface area contributed by atoms with Gasteiger partial charge in [0, 0.05) is 147 Å². The van der Waals surface area contributed by atoms with Crippen LogP contribution in [0.4, 0.5) is 0 Å². The number of methoxy groups -OCH3 is 2. The summed E-state index contributed by atoms with van der Waals surface area (Å²) in [6.07, 6.45) is 24.8. The van der Waals surface area contributed by atoms with Crippen LogP contribution in [0.25, 0.3) is 98.9 Å². The lowest BCUT2D eigenvalue weighted by Gasteiger charge is -2.19. The van der Waals surface area contributed by atoms with E-state index in [9.17, 15) is 34.2 Å². The van der Waals surface area contributed by atoms with E-state index in [0.29, 0.717) is 39.8 Å². The van der Waals surface area contributed by atoms with E-state index in [0.717, 1.165) is 191 Å². The molecule has 18 aromatic rings. The number of carbonyl (C=O) groups excluding carboxylic acids is 5. The van der Waals surface area contributed by atoms with E-state index in [1.54, 1.807) is 7.11 Å². The van der Waals surface area contributed by atoms with Crippen LogP contribution in [0.3, 0.4) is 0 Å². The number of H-pyrrole nitrogens is 6. The molecular formula is C121H104N6O9. The van der Waals surface area contributed by atoms with Crippen molar-refractivity contribution >= 4 is 129 Å². The predicted molar refractivity (Wildman–Crippen MR) is 548 cm³/mol. The topological polar surface area (TPSA) is 239 Å². The minimum absolute atomic E-state index is 0.0681. The summed E-state index contributed by atoms with van der Waals surface area (Å²) in [6, 6.07) is 98.2. The molecule has 672 valence electrons. The number of allylic oxidation sites excluding steroid dienone is 11. The van der Waals surface area contributed by atoms with Gasteiger partial charge in [0.15, 0.2) is 18.9 Å². The fourth-order valence-electron chi connectivity index (χ4n) is 21.4. The molecule has 12 aromatic carbocycles. The molecule has 0 saturated heterocycles. The number of nitrogens with one attached hydrogen (secondary N) is 6. The zero-order valence-corrected chi connectivity index (χ0v) is 76.3. The van der Waals surface area contributed by atoms with Crippen molar-refractivity contribution in [3.63, 3.8) is 0 Å². The zero-order chi connectivity index (χ0) is 93.0. The number of Topliss-reactive ketones (excluding diaryl/α,β-unsaturated/α-hetero) is 1. The molecule has 15 heteroatoms. The molecule has 4 unspecified atom stereocenters. The number of carbonyl (C=O) groups is 5. The van der Waals surface area contributed by atoms with Gasteiger partial charge >= 0.3 is 5.97 Å². The molecule has 15 nitrogen and oxygen atoms in total. The summed E-state index contributed by atoms with van der Waals surface area (Å²) in [7, 11) is 3.12. The van der Waals surface area contributed by atoms with Crippen LogP contribution in [0.2, 0.25) is 0 Å². The van der Waals surface area contributed by atoms with Gasteiger partial charge in [0.25, 0.3) is 0 Å². The van der Waals surface area contributed by atoms with Gasteiger partial charge in [0.1, 0.15) is 6.10 Å². The number of aromatic amines is 6. The largest absolute Gasteiger partial charge is 0.465 e. The SMILES string of the molecule is CC(C1=CCc2ccccc21)c1[nH]c2ccccc2c1CO.COC(=O)c1c(C(C)C2=CCc3ccccc32)[nH]c2ccccc12.COC(C1=CCc2ccccc21)c1[nH]c2ccccc2c1C=O.O=Cc1c(C(=O)C2=CCc3ccccc32)[nH]c2ccccc12.O=Cc1c(C(C2=CCc3ccccc32)C2CC2)[nH]c2ccccc12.OCc1c(CC2=CCc3ccccc32)[nH]c2ccccc12. The number of aldehydes is 3. The Bertz CT molecular complexity index is 7910. The van der Waals surface area contributed by atoms with Gasteiger partial charge in [-0.25, -0.2) is 4.79 Å². The predicted octanol–water partition coefficient (Wildman–Crippen LogP) is 26.2. The number of ketones is 1. The van der Waals surface area contributed by atoms with Crippen LogP contribution in [0.1, 0.15) is 209 Å². The number of ether oxygens (including phenoxy) is 2. The van der Waals surface area contributed by atoms with Crippen LogP contribution < -0.4 is 0 Å². The van der Waals surface area contributed by atoms with E-state index in [1.165, 1.54) is 97.9 Å². The minimum Gasteiger partial charge on any atom is -0.465 e. The molecule has 0 radical (unpaired) electrons. The average molecular weight is 1790 g/mol. The molecule has 25 rings (SSSR count). The number of rotatable bonds is 20. The van der Waals surface area contributed by atoms with E-state index in [-0.39, 0.29) is 42.9 Å². The lowest BCUT2D eigenvalue weighted by atomic mass is 9.85. The number of fused-ring (bicyclic) bond motifs is 12. The third kappa shape index (κ3) is 16.8. The molecule has 0 spiro atoms. The molecule has 6 aromatic heterocycles. The number of benzene rings is 12. The van der Waals surface area contributed by atoms with Crippen molar-refractivity contribution in [2.75, 3.05) is 14.2 Å². The Morgan fingerprint density at radius 3 is 1.21 bits per heavy atom. The van der Waals surface area contributed by atoms with Crippen LogP contribution in [0.5, 0.6) is 0 Å². The smallest absolute Gasteiger partial charge is 0.340 e. The Kier molecular flexibility index (Phi) is 25.2. The lowest BCUT2D eigenvalue weighted by molar-refractivity contribution is 0.0601. The molecule has 1 saturated carbocycles. The van der Waals surface area contributed by atoms with Gasteiger partial charge in [0.2, 0.25) is 5.78 Å². The highest BCUT2D eigenvalue weighted by Crippen LogP contribution is 2.53. The van der Waals surface area contributed by atoms with E-state index in [4.69, 9.17) is 9.47 Å². The second kappa shape index (κ2) is 38.9. The Balaban J connectivity index is 0.000000101. The molecule has 7 aliphatic rings. The second-order valence-electron chi connectivity index (χ2n) is 35.8. The quantitative estimate of drug-likeness (QED) is 0.0205. The maximum absolute atomic E-state index is 12.9. The molecule has 4 atom stereocenters. The van der Waals surface area contributed by atoms with Gasteiger partial charge in [-0.2, -0.15) is 0 Å². The molecule has 7 aliphatic carbocycles. The highest BCUT2D eigenvalue weighted by atomic mass is 16.5. The van der Waals surface area contributed by atoms with E-state index in [1.807, 2.05) is 152 Å². The van der Waals surface area contributed by atoms with E-state index >= 15 is 0 Å². The first-order valence-corrected chi connectivity index (χ1v) is 46.9. The Labute approximate surface area is 788 Å². The third-order valence-corrected chi connectivity index (χ3v) is 28.2. The highest BCUT2D eigenvalue weighted by Gasteiger charge is 2.40. The Morgan fingerprint density at radius 1 is 0.353 bits per heavy atom. The fraction of sp³-hybridized carbons (Fsp3) is 0.165. The van der Waals surface area contributed by atoms with Crippen LogP contribution in [-0.2, 0) is 67.6 Å². The van der Waals surface area contributed by atoms with Gasteiger partial charge in [-0.1, -0.05) is 305 Å². The summed E-state index contributed by atoms with van der Waals surface area (Å²) in [6.45, 7) is 4.51. The third-order valence-electron chi connectivity index (χ3n) is 28.2. The van der Waals surface area contributed by atoms with Crippen molar-refractivity contribution in [2.45, 2.75) is 109 Å². The number of esters is 1. The monoisotopic (exact) mass is 1780 g/mol. The number of para-hydroxylation sites is 6. The number of hydrogen-bond donors (Lipinski definition) is 8. The van der Waals surface area contributed by atoms with Crippen LogP contribution >= 0.6 is 0 Å². The highest BCUT2D eigenvalue weighted by molar-refractivity contribution is 6.32. The summed E-state index contributed by atoms with van der Waals surface area (Å²) in [4.78, 5) is 80.8. The van der Waals surface area contributed by atoms with Crippen molar-refractivity contribution in [2.24, 2.45) is 5.92 Å². The van der Waals surface area contributed by atoms with Crippen molar-refractivity contribution in [3.05, 3.63) is 462 Å². The summed E-state index contributed by atoms with van der Waals surface area (Å²) >= 11 is 0. The lowest BCUT2D eigenvalue weighted by Crippen LogP contribution is -2.07.